The molecule has 0 radical (unpaired) electrons. The lowest BCUT2D eigenvalue weighted by molar-refractivity contribution is 0.125. The molecular weight excluding hydrogens is 544 g/mol. The summed E-state index contributed by atoms with van der Waals surface area (Å²) in [4.78, 5) is 8.29. The van der Waals surface area contributed by atoms with Crippen molar-refractivity contribution >= 4 is 43.3 Å². The molecule has 1 aliphatic heterocycles. The van der Waals surface area contributed by atoms with Crippen LogP contribution in [0.15, 0.2) is 66.7 Å². The van der Waals surface area contributed by atoms with Crippen molar-refractivity contribution < 1.29 is 0 Å². The normalized spacial score (nSPS) is 19.3. The Morgan fingerprint density at radius 3 is 1.78 bits per heavy atom. The molecule has 0 N–H and O–H groups in total. The average molecular weight is 589 g/mol. The van der Waals surface area contributed by atoms with E-state index in [0.717, 1.165) is 11.3 Å². The van der Waals surface area contributed by atoms with E-state index < -0.39 is 5.66 Å². The third kappa shape index (κ3) is 3.04. The van der Waals surface area contributed by atoms with Crippen LogP contribution in [0.5, 0.6) is 0 Å². The Morgan fingerprint density at radius 1 is 0.689 bits per heavy atom. The van der Waals surface area contributed by atoms with Crippen molar-refractivity contribution in [1.29, 1.82) is 0 Å². The van der Waals surface area contributed by atoms with E-state index in [4.69, 9.17) is 4.98 Å². The van der Waals surface area contributed by atoms with Gasteiger partial charge in [-0.05, 0) is 61.6 Å². The molecule has 4 aromatic carbocycles. The van der Waals surface area contributed by atoms with Crippen molar-refractivity contribution in [1.82, 2.24) is 9.55 Å². The summed E-state index contributed by atoms with van der Waals surface area (Å²) in [6.45, 7) is 21.7. The molecule has 5 heteroatoms. The second-order valence-corrected chi connectivity index (χ2v) is 16.6. The van der Waals surface area contributed by atoms with Crippen LogP contribution in [-0.4, -0.2) is 32.3 Å². The van der Waals surface area contributed by atoms with E-state index in [1.165, 1.54) is 66.6 Å². The SMILES string of the molecule is Bc1c2c(c(B)c3c1nc1n3C3(c4ccccc4-c4ccccc43)N(C)c3cc(C(C)(C)C)ccc3-1)C(C)(C)C(C)(C)C2(C)C. The molecule has 0 saturated carbocycles. The zero-order valence-corrected chi connectivity index (χ0v) is 29.2. The predicted molar refractivity (Wildman–Crippen MR) is 197 cm³/mol. The van der Waals surface area contributed by atoms with Crippen molar-refractivity contribution in [2.24, 2.45) is 5.41 Å². The molecule has 2 aliphatic carbocycles. The number of anilines is 1. The lowest BCUT2D eigenvalue weighted by Gasteiger charge is -2.48. The van der Waals surface area contributed by atoms with Gasteiger partial charge in [0.2, 0.25) is 0 Å². The van der Waals surface area contributed by atoms with Crippen LogP contribution in [-0.2, 0) is 21.9 Å². The first-order valence-electron chi connectivity index (χ1n) is 16.7. The number of imidazole rings is 1. The first kappa shape index (κ1) is 28.7. The number of nitrogens with zero attached hydrogens (tertiary/aromatic N) is 3. The largest absolute Gasteiger partial charge is 0.343 e. The predicted octanol–water partition coefficient (Wildman–Crippen LogP) is 6.29. The van der Waals surface area contributed by atoms with Crippen LogP contribution in [0, 0.1) is 5.41 Å². The molecule has 45 heavy (non-hydrogen) atoms. The van der Waals surface area contributed by atoms with Gasteiger partial charge >= 0.3 is 0 Å². The van der Waals surface area contributed by atoms with Gasteiger partial charge in [0.25, 0.3) is 0 Å². The Hall–Kier alpha value is -3.72. The van der Waals surface area contributed by atoms with Gasteiger partial charge < -0.3 is 4.90 Å². The molecule has 5 aromatic rings. The molecule has 0 unspecified atom stereocenters. The van der Waals surface area contributed by atoms with Crippen LogP contribution in [0.1, 0.15) is 90.1 Å². The molecule has 0 bridgehead atoms. The number of aromatic nitrogens is 2. The lowest BCUT2D eigenvalue weighted by Crippen LogP contribution is -2.53. The van der Waals surface area contributed by atoms with Crippen molar-refractivity contribution in [3.63, 3.8) is 0 Å². The lowest BCUT2D eigenvalue weighted by atomic mass is 9.58. The van der Waals surface area contributed by atoms with Gasteiger partial charge in [0, 0.05) is 23.7 Å². The summed E-state index contributed by atoms with van der Waals surface area (Å²) in [5, 5.41) is 0. The molecule has 1 aromatic heterocycles. The maximum Gasteiger partial charge on any atom is 0.172 e. The van der Waals surface area contributed by atoms with E-state index in [1.807, 2.05) is 0 Å². The smallest absolute Gasteiger partial charge is 0.172 e. The van der Waals surface area contributed by atoms with Crippen LogP contribution >= 0.6 is 0 Å². The average Bonchev–Trinajstić information content (AvgIpc) is 3.56. The molecule has 226 valence electrons. The van der Waals surface area contributed by atoms with E-state index in [-0.39, 0.29) is 21.7 Å². The zero-order chi connectivity index (χ0) is 32.2. The minimum atomic E-state index is -0.583. The summed E-state index contributed by atoms with van der Waals surface area (Å²) >= 11 is 0. The fraction of sp³-hybridized carbons (Fsp3) is 0.375. The highest BCUT2D eigenvalue weighted by atomic mass is 15.4. The van der Waals surface area contributed by atoms with Gasteiger partial charge in [-0.2, -0.15) is 0 Å². The first-order chi connectivity index (χ1) is 21.0. The number of benzene rings is 4. The minimum absolute atomic E-state index is 0.000453. The second kappa shape index (κ2) is 8.35. The molecule has 1 spiro atoms. The van der Waals surface area contributed by atoms with Gasteiger partial charge in [0.15, 0.2) is 5.66 Å². The molecular formula is C40H45B2N3. The Morgan fingerprint density at radius 2 is 1.22 bits per heavy atom. The summed E-state index contributed by atoms with van der Waals surface area (Å²) in [7, 11) is 7.04. The minimum Gasteiger partial charge on any atom is -0.343 e. The van der Waals surface area contributed by atoms with E-state index in [9.17, 15) is 0 Å². The van der Waals surface area contributed by atoms with Gasteiger partial charge in [-0.3, -0.25) is 4.57 Å². The standard InChI is InChI=1S/C40H45B2N3/c1-36(2,3)22-19-20-25-28(21-22)44(10)40(26-17-13-11-15-23(26)24-16-12-14-18-27(24)40)45-34-32(42)30-29(31(41)33(34)43-35(25)45)37(4,5)39(8,9)38(30,6)7/h11-21H,41-42H2,1-10H3. The Bertz CT molecular complexity index is 2080. The maximum atomic E-state index is 5.72. The van der Waals surface area contributed by atoms with Crippen LogP contribution in [0.4, 0.5) is 5.69 Å². The molecule has 3 nitrogen and oxygen atoms in total. The van der Waals surface area contributed by atoms with Crippen LogP contribution in [0.25, 0.3) is 33.5 Å². The van der Waals surface area contributed by atoms with Gasteiger partial charge in [0.1, 0.15) is 21.5 Å². The van der Waals surface area contributed by atoms with Crippen molar-refractivity contribution in [2.75, 3.05) is 11.9 Å². The van der Waals surface area contributed by atoms with Crippen molar-refractivity contribution in [2.45, 2.75) is 84.2 Å². The highest BCUT2D eigenvalue weighted by molar-refractivity contribution is 6.46. The van der Waals surface area contributed by atoms with Gasteiger partial charge in [-0.15, -0.1) is 0 Å². The van der Waals surface area contributed by atoms with E-state index in [2.05, 4.69) is 161 Å². The maximum absolute atomic E-state index is 5.72. The molecule has 2 heterocycles. The van der Waals surface area contributed by atoms with E-state index in [0.29, 0.717) is 0 Å². The molecule has 0 atom stereocenters. The number of hydrogen-bond acceptors (Lipinski definition) is 2. The molecule has 0 fully saturated rings. The summed E-state index contributed by atoms with van der Waals surface area (Å²) in [5.74, 6) is 1.06. The molecule has 3 aliphatic rings. The number of rotatable bonds is 0. The Labute approximate surface area is 270 Å². The topological polar surface area (TPSA) is 21.1 Å². The van der Waals surface area contributed by atoms with Crippen LogP contribution in [0.2, 0.25) is 0 Å². The summed E-state index contributed by atoms with van der Waals surface area (Å²) < 4.78 is 2.64. The Kier molecular flexibility index (Phi) is 5.33. The first-order valence-corrected chi connectivity index (χ1v) is 16.7. The summed E-state index contributed by atoms with van der Waals surface area (Å²) in [6.07, 6.45) is 0. The van der Waals surface area contributed by atoms with Gasteiger partial charge in [-0.1, -0.05) is 128 Å². The second-order valence-electron chi connectivity index (χ2n) is 16.6. The third-order valence-electron chi connectivity index (χ3n) is 13.1. The number of hydrogen-bond donors (Lipinski definition) is 0. The highest BCUT2D eigenvalue weighted by Crippen LogP contribution is 2.62. The van der Waals surface area contributed by atoms with Crippen molar-refractivity contribution in [3.8, 4) is 22.5 Å². The quantitative estimate of drug-likeness (QED) is 0.198. The summed E-state index contributed by atoms with van der Waals surface area (Å²) in [6, 6.07) is 25.2. The highest BCUT2D eigenvalue weighted by Gasteiger charge is 2.59. The molecule has 8 rings (SSSR count). The van der Waals surface area contributed by atoms with E-state index in [1.54, 1.807) is 0 Å². The summed E-state index contributed by atoms with van der Waals surface area (Å²) in [5.41, 5.74) is 16.7. The molecule has 0 amide bonds. The van der Waals surface area contributed by atoms with Gasteiger partial charge in [0.05, 0.1) is 16.7 Å². The number of fused-ring (bicyclic) bond motifs is 12. The van der Waals surface area contributed by atoms with E-state index >= 15 is 0 Å². The van der Waals surface area contributed by atoms with Crippen molar-refractivity contribution in [3.05, 3.63) is 94.5 Å². The Balaban J connectivity index is 1.62. The monoisotopic (exact) mass is 589 g/mol. The third-order valence-corrected chi connectivity index (χ3v) is 13.1. The fourth-order valence-electron chi connectivity index (χ4n) is 9.68. The van der Waals surface area contributed by atoms with Gasteiger partial charge in [-0.25, -0.2) is 4.98 Å². The fourth-order valence-corrected chi connectivity index (χ4v) is 9.68. The zero-order valence-electron chi connectivity index (χ0n) is 29.2. The molecule has 0 saturated heterocycles. The van der Waals surface area contributed by atoms with Crippen LogP contribution < -0.4 is 15.8 Å². The van der Waals surface area contributed by atoms with Crippen LogP contribution in [0.3, 0.4) is 0 Å².